The Balaban J connectivity index is 1.41. The average Bonchev–Trinajstić information content (AvgIpc) is 3.34. The number of rotatable bonds is 3. The van der Waals surface area contributed by atoms with Crippen molar-refractivity contribution < 1.29 is 18.7 Å². The van der Waals surface area contributed by atoms with Crippen molar-refractivity contribution in [2.45, 2.75) is 19.1 Å². The molecule has 25 heavy (non-hydrogen) atoms. The molecule has 0 aliphatic carbocycles. The van der Waals surface area contributed by atoms with Gasteiger partial charge in [0.25, 0.3) is 5.91 Å². The first-order valence-electron chi connectivity index (χ1n) is 8.55. The molecule has 3 heterocycles. The molecule has 2 aliphatic rings. The molecule has 1 aromatic carbocycles. The van der Waals surface area contributed by atoms with Gasteiger partial charge >= 0.3 is 0 Å². The van der Waals surface area contributed by atoms with Crippen LogP contribution in [0.1, 0.15) is 23.3 Å². The molecule has 0 atom stereocenters. The van der Waals surface area contributed by atoms with Gasteiger partial charge in [0.05, 0.1) is 13.2 Å². The van der Waals surface area contributed by atoms with Crippen molar-refractivity contribution in [3.05, 3.63) is 48.0 Å². The number of likely N-dealkylation sites (tertiary alicyclic amines) is 1. The van der Waals surface area contributed by atoms with E-state index in [9.17, 15) is 9.18 Å². The van der Waals surface area contributed by atoms with E-state index >= 15 is 0 Å². The molecule has 2 aliphatic heterocycles. The molecule has 0 saturated carbocycles. The van der Waals surface area contributed by atoms with Crippen LogP contribution in [0, 0.1) is 11.7 Å². The highest BCUT2D eigenvalue weighted by Gasteiger charge is 2.32. The average molecular weight is 345 g/mol. The number of halogens is 1. The lowest BCUT2D eigenvalue weighted by Crippen LogP contribution is -2.41. The second-order valence-electron chi connectivity index (χ2n) is 6.34. The van der Waals surface area contributed by atoms with Gasteiger partial charge in [-0.3, -0.25) is 4.79 Å². The summed E-state index contributed by atoms with van der Waals surface area (Å²) in [6, 6.07) is 7.99. The van der Waals surface area contributed by atoms with Crippen molar-refractivity contribution in [1.29, 1.82) is 0 Å². The van der Waals surface area contributed by atoms with Crippen LogP contribution in [0.15, 0.2) is 36.5 Å². The highest BCUT2D eigenvalue weighted by atomic mass is 19.1. The maximum Gasteiger partial charge on any atom is 0.274 e. The van der Waals surface area contributed by atoms with E-state index in [0.29, 0.717) is 43.6 Å². The molecule has 1 aromatic heterocycles. The minimum absolute atomic E-state index is 0.123. The van der Waals surface area contributed by atoms with Crippen molar-refractivity contribution in [2.24, 2.45) is 5.92 Å². The Morgan fingerprint density at radius 3 is 2.56 bits per heavy atom. The third-order valence-electron chi connectivity index (χ3n) is 4.77. The molecule has 6 nitrogen and oxygen atoms in total. The Morgan fingerprint density at radius 2 is 1.84 bits per heavy atom. The molecule has 0 radical (unpaired) electrons. The summed E-state index contributed by atoms with van der Waals surface area (Å²) in [6.07, 6.45) is 3.19. The lowest BCUT2D eigenvalue weighted by molar-refractivity contribution is -0.0956. The third-order valence-corrected chi connectivity index (χ3v) is 4.77. The second kappa shape index (κ2) is 6.93. The Kier molecular flexibility index (Phi) is 4.50. The van der Waals surface area contributed by atoms with Crippen LogP contribution in [0.5, 0.6) is 0 Å². The molecule has 4 rings (SSSR count). The maximum absolute atomic E-state index is 13.9. The molecular weight excluding hydrogens is 325 g/mol. The number of ether oxygens (including phenoxy) is 2. The van der Waals surface area contributed by atoms with E-state index in [-0.39, 0.29) is 18.0 Å². The first-order valence-corrected chi connectivity index (χ1v) is 8.55. The Labute approximate surface area is 145 Å². The van der Waals surface area contributed by atoms with Gasteiger partial charge in [0.1, 0.15) is 11.5 Å². The van der Waals surface area contributed by atoms with Gasteiger partial charge in [0.15, 0.2) is 12.0 Å². The number of amides is 1. The van der Waals surface area contributed by atoms with Crippen LogP contribution >= 0.6 is 0 Å². The largest absolute Gasteiger partial charge is 0.350 e. The summed E-state index contributed by atoms with van der Waals surface area (Å²) >= 11 is 0. The molecule has 2 aromatic rings. The minimum atomic E-state index is -0.373. The topological polar surface area (TPSA) is 56.6 Å². The summed E-state index contributed by atoms with van der Waals surface area (Å²) in [4.78, 5) is 14.4. The number of para-hydroxylation sites is 1. The van der Waals surface area contributed by atoms with Gasteiger partial charge in [-0.25, -0.2) is 9.07 Å². The number of benzene rings is 1. The highest BCUT2D eigenvalue weighted by molar-refractivity contribution is 5.92. The maximum atomic E-state index is 13.9. The van der Waals surface area contributed by atoms with Crippen LogP contribution in [-0.4, -0.2) is 53.2 Å². The van der Waals surface area contributed by atoms with Gasteiger partial charge in [-0.15, -0.1) is 0 Å². The Morgan fingerprint density at radius 1 is 1.12 bits per heavy atom. The molecule has 2 fully saturated rings. The lowest BCUT2D eigenvalue weighted by Gasteiger charge is -2.33. The summed E-state index contributed by atoms with van der Waals surface area (Å²) in [5.41, 5.74) is 0.658. The van der Waals surface area contributed by atoms with Crippen LogP contribution in [0.3, 0.4) is 0 Å². The number of carbonyl (C=O) groups excluding carboxylic acids is 1. The number of piperidine rings is 1. The van der Waals surface area contributed by atoms with Crippen molar-refractivity contribution >= 4 is 5.91 Å². The molecule has 0 bridgehead atoms. The van der Waals surface area contributed by atoms with Gasteiger partial charge < -0.3 is 14.4 Å². The second-order valence-corrected chi connectivity index (χ2v) is 6.34. The molecule has 2 saturated heterocycles. The predicted molar refractivity (Wildman–Crippen MR) is 87.8 cm³/mol. The fourth-order valence-electron chi connectivity index (χ4n) is 3.40. The summed E-state index contributed by atoms with van der Waals surface area (Å²) in [5, 5.41) is 4.25. The lowest BCUT2D eigenvalue weighted by atomic mass is 9.96. The van der Waals surface area contributed by atoms with E-state index < -0.39 is 0 Å². The molecule has 1 amide bonds. The zero-order chi connectivity index (χ0) is 17.2. The molecule has 0 N–H and O–H groups in total. The standard InChI is InChI=1S/C18H20FN3O3/c19-14-3-1-2-4-16(14)22-10-7-15(20-22)17(23)21-8-5-13(6-9-21)18-24-11-12-25-18/h1-4,7,10,13,18H,5-6,8-9,11-12H2. The number of hydrogen-bond donors (Lipinski definition) is 0. The van der Waals surface area contributed by atoms with E-state index in [2.05, 4.69) is 5.10 Å². The van der Waals surface area contributed by atoms with Gasteiger partial charge in [0.2, 0.25) is 0 Å². The third kappa shape index (κ3) is 3.29. The van der Waals surface area contributed by atoms with Crippen LogP contribution in [-0.2, 0) is 9.47 Å². The number of nitrogens with zero attached hydrogens (tertiary/aromatic N) is 3. The quantitative estimate of drug-likeness (QED) is 0.856. The highest BCUT2D eigenvalue weighted by Crippen LogP contribution is 2.26. The van der Waals surface area contributed by atoms with Crippen molar-refractivity contribution in [3.8, 4) is 5.69 Å². The molecule has 0 spiro atoms. The van der Waals surface area contributed by atoms with E-state index in [4.69, 9.17) is 9.47 Å². The SMILES string of the molecule is O=C(c1ccn(-c2ccccc2F)n1)N1CCC(C2OCCO2)CC1. The van der Waals surface area contributed by atoms with Crippen LogP contribution < -0.4 is 0 Å². The van der Waals surface area contributed by atoms with Crippen molar-refractivity contribution in [3.63, 3.8) is 0 Å². The van der Waals surface area contributed by atoms with Crippen LogP contribution in [0.25, 0.3) is 5.69 Å². The monoisotopic (exact) mass is 345 g/mol. The normalized spacial score (nSPS) is 19.5. The fraction of sp³-hybridized carbons (Fsp3) is 0.444. The summed E-state index contributed by atoms with van der Waals surface area (Å²) in [6.45, 7) is 2.60. The fourth-order valence-corrected chi connectivity index (χ4v) is 3.40. The number of aromatic nitrogens is 2. The summed E-state index contributed by atoms with van der Waals surface area (Å²) in [7, 11) is 0. The Bertz CT molecular complexity index is 750. The first-order chi connectivity index (χ1) is 12.2. The molecule has 132 valence electrons. The molecule has 7 heteroatoms. The molecular formula is C18H20FN3O3. The smallest absolute Gasteiger partial charge is 0.274 e. The zero-order valence-corrected chi connectivity index (χ0v) is 13.8. The minimum Gasteiger partial charge on any atom is -0.350 e. The van der Waals surface area contributed by atoms with E-state index in [1.807, 2.05) is 0 Å². The first kappa shape index (κ1) is 16.2. The van der Waals surface area contributed by atoms with Gasteiger partial charge in [-0.05, 0) is 31.0 Å². The van der Waals surface area contributed by atoms with Crippen molar-refractivity contribution in [1.82, 2.24) is 14.7 Å². The van der Waals surface area contributed by atoms with Gasteiger partial charge in [-0.1, -0.05) is 12.1 Å². The van der Waals surface area contributed by atoms with E-state index in [1.165, 1.54) is 10.7 Å². The molecule has 0 unspecified atom stereocenters. The zero-order valence-electron chi connectivity index (χ0n) is 13.8. The summed E-state index contributed by atoms with van der Waals surface area (Å²) < 4.78 is 26.4. The van der Waals surface area contributed by atoms with Crippen LogP contribution in [0.2, 0.25) is 0 Å². The predicted octanol–water partition coefficient (Wildman–Crippen LogP) is 2.24. The van der Waals surface area contributed by atoms with Gasteiger partial charge in [-0.2, -0.15) is 5.10 Å². The van der Waals surface area contributed by atoms with E-state index in [1.54, 1.807) is 35.4 Å². The van der Waals surface area contributed by atoms with Crippen LogP contribution in [0.4, 0.5) is 4.39 Å². The van der Waals surface area contributed by atoms with E-state index in [0.717, 1.165) is 12.8 Å². The summed E-state index contributed by atoms with van der Waals surface area (Å²) in [5.74, 6) is -0.161. The Hall–Kier alpha value is -2.25. The number of hydrogen-bond acceptors (Lipinski definition) is 4. The van der Waals surface area contributed by atoms with Gasteiger partial charge in [0, 0.05) is 25.2 Å². The number of carbonyl (C=O) groups is 1. The van der Waals surface area contributed by atoms with Crippen molar-refractivity contribution in [2.75, 3.05) is 26.3 Å².